The number of ether oxygens (including phenoxy) is 6. The second kappa shape index (κ2) is 35.6. The van der Waals surface area contributed by atoms with Crippen LogP contribution in [0.25, 0.3) is 21.6 Å². The summed E-state index contributed by atoms with van der Waals surface area (Å²) < 4.78 is 93.1. The number of aromatic nitrogens is 3. The van der Waals surface area contributed by atoms with E-state index in [4.69, 9.17) is 71.6 Å². The zero-order valence-corrected chi connectivity index (χ0v) is 74.9. The van der Waals surface area contributed by atoms with E-state index in [0.717, 1.165) is 62.1 Å². The lowest BCUT2D eigenvalue weighted by Crippen LogP contribution is -2.54. The number of rotatable bonds is 33. The molecule has 26 nitrogen and oxygen atoms in total. The molecule has 650 valence electrons. The summed E-state index contributed by atoms with van der Waals surface area (Å²) in [5, 5.41) is 6.40. The third kappa shape index (κ3) is 17.9. The lowest BCUT2D eigenvalue weighted by Gasteiger charge is -2.40. The smallest absolute Gasteiger partial charge is 0.240 e. The van der Waals surface area contributed by atoms with Crippen LogP contribution in [0.2, 0.25) is 5.02 Å². The maximum atomic E-state index is 14.6. The number of hydrogen-bond donors (Lipinski definition) is 2. The number of benzene rings is 1. The summed E-state index contributed by atoms with van der Waals surface area (Å²) in [4.78, 5) is 114. The van der Waals surface area contributed by atoms with Gasteiger partial charge in [0.2, 0.25) is 43.7 Å². The number of nitrogens with zero attached hydrogens (tertiary/aromatic N) is 8. The fraction of sp³-hybridized carbons (Fsp3) is 0.636. The van der Waals surface area contributed by atoms with Crippen LogP contribution in [0.5, 0.6) is 11.5 Å². The first-order valence-electron chi connectivity index (χ1n) is 43.0. The molecular weight excluding hydrogens is 1650 g/mol. The van der Waals surface area contributed by atoms with E-state index in [1.165, 1.54) is 22.7 Å². The Morgan fingerprint density at radius 3 is 1.77 bits per heavy atom. The average molecular weight is 1770 g/mol. The van der Waals surface area contributed by atoms with Gasteiger partial charge in [-0.3, -0.25) is 53.0 Å². The number of amides is 4. The van der Waals surface area contributed by atoms with Gasteiger partial charge in [-0.25, -0.2) is 31.8 Å². The summed E-state index contributed by atoms with van der Waals surface area (Å²) in [6, 6.07) is 2.55. The molecule has 6 saturated heterocycles. The Labute approximate surface area is 722 Å². The fourth-order valence-electron chi connectivity index (χ4n) is 18.6. The number of hydrogen-bond acceptors (Lipinski definition) is 24. The highest BCUT2D eigenvalue weighted by Gasteiger charge is 2.65. The second-order valence-electron chi connectivity index (χ2n) is 36.1. The maximum absolute atomic E-state index is 14.6. The van der Waals surface area contributed by atoms with Crippen molar-refractivity contribution in [3.8, 4) is 22.2 Å². The number of piperidine rings is 2. The van der Waals surface area contributed by atoms with E-state index < -0.39 is 89.1 Å². The molecule has 12 aliphatic rings. The number of nitrogens with one attached hydrogen (secondary N) is 2. The predicted molar refractivity (Wildman–Crippen MR) is 461 cm³/mol. The van der Waals surface area contributed by atoms with Crippen molar-refractivity contribution in [1.82, 2.24) is 44.0 Å². The number of aliphatic imine (C=N–C) groups is 1. The number of sulfonamides is 2. The SMILES string of the molecule is C=C[C@@H]1C[C@]1(CC(=O)[C@@H]1C[C@@H](OC2=CC(c3nc(C(C)C)cs3)=NC3C(Cl)=C(OCCN4CCOCC4)C=C[C@H]23)[C@H]2CC[C@H](C(C)C)C(=O)N21)C(=O)NS(=O)(=O)C1(C)CC1.C=C[C@@H]1C[C@]1(CC(=O)[C@@H]1C[C@@H](Oc2cc(-c3nc(C(C)C)cs3)nc3c(Cl)c(OCCN4CCOCC4)ccc23)[C@H]2CC[C@H]([C@H](C)CC)C(=O)N21)C(=O)NS(=O)(=O)C1CC1. The molecule has 120 heavy (non-hydrogen) atoms. The van der Waals surface area contributed by atoms with Gasteiger partial charge in [0.15, 0.2) is 11.6 Å². The normalized spacial score (nSPS) is 29.9. The van der Waals surface area contributed by atoms with Gasteiger partial charge in [-0.05, 0) is 125 Å². The van der Waals surface area contributed by atoms with Gasteiger partial charge in [0.25, 0.3) is 0 Å². The van der Waals surface area contributed by atoms with E-state index in [1.54, 1.807) is 28.9 Å². The van der Waals surface area contributed by atoms with Gasteiger partial charge in [-0.2, -0.15) is 0 Å². The summed E-state index contributed by atoms with van der Waals surface area (Å²) in [5.41, 5.74) is 1.14. The molecule has 4 amide bonds. The molecular formula is C88H114Cl2N10O16S4. The molecule has 0 spiro atoms. The molecule has 4 aromatic rings. The van der Waals surface area contributed by atoms with Crippen LogP contribution in [0, 0.1) is 52.3 Å². The predicted octanol–water partition coefficient (Wildman–Crippen LogP) is 12.7. The molecule has 1 unspecified atom stereocenters. The first-order chi connectivity index (χ1) is 57.3. The standard InChI is InChI=1S/C44H58ClN5O8S2.C44H56ClN5O8S2/c1-7-27-22-44(27,42(53)48-60(54,55)43(6)12-13-43)23-34(51)33-21-37(32-10-8-28(25(2)3)41(52)50(32)33)58-36-20-30(40-47-31(24-59-40)26(4)5)46-39-29(36)9-11-35(38(39)45)57-19-16-49-14-17-56-18-15-49;1-6-26(5)29-10-12-33-38(21-34(50(33)42(29)52)35(51)23-44(22-27(44)7-2)43(53)48-60(54,55)28-8-9-28)58-37-20-31(41-47-32(24-59-41)25(3)4)46-40-30(37)11-13-36(39(40)45)57-19-16-49-14-17-56-18-15-49/h7,9,11,20,24-29,32-33,37,39H,1,8,10,12-19,21-23H2,2-6H3,(H,48,53);7,11,13,20,24-29,33-34,38H,2,6,8-10,12,14-19,21-23H2,1,3-5H3,(H,48,53)/t27-,28-,29-,32-,33+,37-,39?,44-;26-,27-,29-,33-,34+,38-,44-/m11/s1. The Bertz CT molecular complexity index is 5010. The van der Waals surface area contributed by atoms with Gasteiger partial charge >= 0.3 is 0 Å². The Morgan fingerprint density at radius 1 is 0.692 bits per heavy atom. The van der Waals surface area contributed by atoms with Gasteiger partial charge < -0.3 is 38.2 Å². The summed E-state index contributed by atoms with van der Waals surface area (Å²) in [6.45, 7) is 34.5. The van der Waals surface area contributed by atoms with Gasteiger partial charge in [0, 0.05) is 105 Å². The number of fused-ring (bicyclic) bond motifs is 4. The Kier molecular flexibility index (Phi) is 26.0. The fourth-order valence-corrected chi connectivity index (χ4v) is 23.8. The average Bonchev–Trinajstić information content (AvgIpc) is 1.56. The van der Waals surface area contributed by atoms with Crippen molar-refractivity contribution in [3.05, 3.63) is 110 Å². The molecule has 15 atom stereocenters. The van der Waals surface area contributed by atoms with E-state index in [1.807, 2.05) is 61.0 Å². The number of thiazole rings is 2. The highest BCUT2D eigenvalue weighted by molar-refractivity contribution is 7.91. The molecule has 10 fully saturated rings. The Hall–Kier alpha value is -7.00. The molecule has 1 aromatic carbocycles. The van der Waals surface area contributed by atoms with Crippen molar-refractivity contribution in [1.29, 1.82) is 0 Å². The monoisotopic (exact) mass is 1760 g/mol. The zero-order chi connectivity index (χ0) is 85.2. The van der Waals surface area contributed by atoms with Crippen molar-refractivity contribution in [2.24, 2.45) is 57.2 Å². The van der Waals surface area contributed by atoms with Crippen molar-refractivity contribution in [2.75, 3.05) is 78.9 Å². The van der Waals surface area contributed by atoms with Crippen LogP contribution in [0.3, 0.4) is 0 Å². The van der Waals surface area contributed by atoms with E-state index in [-0.39, 0.29) is 108 Å². The molecule has 0 radical (unpaired) electrons. The molecule has 16 rings (SSSR count). The second-order valence-corrected chi connectivity index (χ2v) is 42.8. The van der Waals surface area contributed by atoms with E-state index in [2.05, 4.69) is 73.9 Å². The molecule has 7 aliphatic heterocycles. The van der Waals surface area contributed by atoms with Crippen LogP contribution in [-0.4, -0.2) is 224 Å². The van der Waals surface area contributed by atoms with E-state index in [9.17, 15) is 45.6 Å². The lowest BCUT2D eigenvalue weighted by atomic mass is 9.81. The molecule has 10 heterocycles. The third-order valence-corrected chi connectivity index (χ3v) is 33.8. The van der Waals surface area contributed by atoms with E-state index in [0.29, 0.717) is 164 Å². The molecule has 0 bridgehead atoms. The van der Waals surface area contributed by atoms with Crippen molar-refractivity contribution in [3.63, 3.8) is 0 Å². The van der Waals surface area contributed by atoms with Crippen molar-refractivity contribution in [2.45, 2.75) is 223 Å². The van der Waals surface area contributed by atoms with Crippen LogP contribution >= 0.6 is 45.9 Å². The van der Waals surface area contributed by atoms with Gasteiger partial charge in [-0.15, -0.1) is 35.8 Å². The Balaban J connectivity index is 0.000000187. The summed E-state index contributed by atoms with van der Waals surface area (Å²) >= 11 is 17.3. The van der Waals surface area contributed by atoms with E-state index >= 15 is 0 Å². The lowest BCUT2D eigenvalue weighted by molar-refractivity contribution is -0.149. The number of morpholine rings is 2. The van der Waals surface area contributed by atoms with Crippen LogP contribution in [0.1, 0.15) is 187 Å². The minimum Gasteiger partial charge on any atom is -0.492 e. The highest BCUT2D eigenvalue weighted by Crippen LogP contribution is 2.60. The quantitative estimate of drug-likeness (QED) is 0.0419. The highest BCUT2D eigenvalue weighted by atomic mass is 35.5. The summed E-state index contributed by atoms with van der Waals surface area (Å²) in [5.74, 6) is -0.865. The largest absolute Gasteiger partial charge is 0.492 e. The summed E-state index contributed by atoms with van der Waals surface area (Å²) in [7, 11) is -7.75. The molecule has 4 saturated carbocycles. The molecule has 5 aliphatic carbocycles. The van der Waals surface area contributed by atoms with Crippen LogP contribution in [0.4, 0.5) is 0 Å². The number of pyridine rings is 1. The van der Waals surface area contributed by atoms with Gasteiger partial charge in [-0.1, -0.05) is 103 Å². The maximum Gasteiger partial charge on any atom is 0.240 e. The molecule has 3 aromatic heterocycles. The minimum absolute atomic E-state index is 0.0649. The number of Topliss-reactive ketones (excluding diaryl/α,β-unsaturated/α-hetero) is 2. The van der Waals surface area contributed by atoms with Crippen LogP contribution < -0.4 is 18.9 Å². The first kappa shape index (κ1) is 87.9. The number of halogens is 2. The topological polar surface area (TPSA) is 314 Å². The minimum atomic E-state index is -3.92. The zero-order valence-electron chi connectivity index (χ0n) is 70.1. The number of ketones is 2. The number of carbonyl (C=O) groups excluding carboxylic acids is 6. The number of dihydropyridines is 1. The van der Waals surface area contributed by atoms with Gasteiger partial charge in [0.1, 0.15) is 75.2 Å². The van der Waals surface area contributed by atoms with Gasteiger partial charge in [0.05, 0.1) is 105 Å². The van der Waals surface area contributed by atoms with Crippen molar-refractivity contribution >= 4 is 118 Å². The first-order valence-corrected chi connectivity index (χ1v) is 48.5. The van der Waals surface area contributed by atoms with Crippen LogP contribution in [-0.2, 0) is 67.8 Å². The van der Waals surface area contributed by atoms with Crippen molar-refractivity contribution < 1.29 is 74.0 Å². The molecule has 2 N–H and O–H groups in total. The number of allylic oxidation sites excluding steroid dienone is 4. The summed E-state index contributed by atoms with van der Waals surface area (Å²) in [6.07, 6.45) is 14.0. The van der Waals surface area contributed by atoms with Crippen LogP contribution in [0.15, 0.2) is 94.0 Å². The Morgan fingerprint density at radius 2 is 1.23 bits per heavy atom. The molecule has 32 heteroatoms. The number of carbonyl (C=O) groups is 6. The third-order valence-electron chi connectivity index (χ3n) is 27.3.